The highest BCUT2D eigenvalue weighted by molar-refractivity contribution is 6.30. The largest absolute Gasteiger partial charge is 0.484 e. The molecule has 0 aliphatic heterocycles. The molecule has 0 radical (unpaired) electrons. The third kappa shape index (κ3) is 4.39. The summed E-state index contributed by atoms with van der Waals surface area (Å²) in [5.41, 5.74) is 0.319. The summed E-state index contributed by atoms with van der Waals surface area (Å²) in [6, 6.07) is 5.24. The number of aryl methyl sites for hydroxylation is 1. The van der Waals surface area contributed by atoms with Crippen LogP contribution in [0, 0.1) is 6.92 Å². The summed E-state index contributed by atoms with van der Waals surface area (Å²) in [6.45, 7) is 5.58. The van der Waals surface area contributed by atoms with Gasteiger partial charge in [-0.1, -0.05) is 25.4 Å². The van der Waals surface area contributed by atoms with Gasteiger partial charge < -0.3 is 15.2 Å². The number of aliphatic hydroxyl groups is 1. The highest BCUT2D eigenvalue weighted by Crippen LogP contribution is 2.21. The van der Waals surface area contributed by atoms with Gasteiger partial charge in [0.1, 0.15) is 5.75 Å². The van der Waals surface area contributed by atoms with E-state index in [1.165, 1.54) is 0 Å². The van der Waals surface area contributed by atoms with Gasteiger partial charge in [-0.3, -0.25) is 4.79 Å². The van der Waals surface area contributed by atoms with E-state index in [0.29, 0.717) is 23.6 Å². The molecular formula is C15H22ClNO3. The van der Waals surface area contributed by atoms with Gasteiger partial charge in [-0.15, -0.1) is 0 Å². The molecule has 1 aromatic carbocycles. The number of benzene rings is 1. The third-order valence-electron chi connectivity index (χ3n) is 3.56. The molecule has 2 N–H and O–H groups in total. The van der Waals surface area contributed by atoms with Crippen molar-refractivity contribution in [3.63, 3.8) is 0 Å². The van der Waals surface area contributed by atoms with E-state index in [9.17, 15) is 9.90 Å². The first kappa shape index (κ1) is 16.8. The minimum Gasteiger partial charge on any atom is -0.484 e. The SMILES string of the molecule is CCC(CC)(CO)NC(=O)COc1ccc(Cl)cc1C. The summed E-state index contributed by atoms with van der Waals surface area (Å²) in [5, 5.41) is 12.9. The van der Waals surface area contributed by atoms with Crippen molar-refractivity contribution in [2.75, 3.05) is 13.2 Å². The maximum atomic E-state index is 11.9. The number of nitrogens with one attached hydrogen (secondary N) is 1. The zero-order chi connectivity index (χ0) is 15.2. The Kier molecular flexibility index (Phi) is 6.30. The van der Waals surface area contributed by atoms with Gasteiger partial charge in [-0.25, -0.2) is 0 Å². The molecular weight excluding hydrogens is 278 g/mol. The number of hydrogen-bond donors (Lipinski definition) is 2. The van der Waals surface area contributed by atoms with Gasteiger partial charge >= 0.3 is 0 Å². The second-order valence-electron chi connectivity index (χ2n) is 4.89. The Morgan fingerprint density at radius 1 is 1.40 bits per heavy atom. The second-order valence-corrected chi connectivity index (χ2v) is 5.33. The van der Waals surface area contributed by atoms with Crippen LogP contribution in [-0.4, -0.2) is 29.8 Å². The number of rotatable bonds is 7. The van der Waals surface area contributed by atoms with Crippen LogP contribution in [0.4, 0.5) is 0 Å². The molecule has 4 nitrogen and oxygen atoms in total. The average Bonchev–Trinajstić information content (AvgIpc) is 2.44. The van der Waals surface area contributed by atoms with Crippen molar-refractivity contribution < 1.29 is 14.6 Å². The number of aliphatic hydroxyl groups excluding tert-OH is 1. The minimum atomic E-state index is -0.560. The molecule has 0 unspecified atom stereocenters. The van der Waals surface area contributed by atoms with Crippen LogP contribution in [0.1, 0.15) is 32.3 Å². The van der Waals surface area contributed by atoms with Crippen molar-refractivity contribution in [3.8, 4) is 5.75 Å². The number of hydrogen-bond acceptors (Lipinski definition) is 3. The molecule has 0 aliphatic carbocycles. The van der Waals surface area contributed by atoms with Crippen molar-refractivity contribution >= 4 is 17.5 Å². The van der Waals surface area contributed by atoms with Crippen molar-refractivity contribution in [1.29, 1.82) is 0 Å². The molecule has 1 amide bonds. The van der Waals surface area contributed by atoms with E-state index in [1.807, 2.05) is 20.8 Å². The number of carbonyl (C=O) groups excluding carboxylic acids is 1. The lowest BCUT2D eigenvalue weighted by Gasteiger charge is -2.30. The van der Waals surface area contributed by atoms with Crippen molar-refractivity contribution in [3.05, 3.63) is 28.8 Å². The molecule has 0 aliphatic rings. The molecule has 1 aromatic rings. The summed E-state index contributed by atoms with van der Waals surface area (Å²) in [4.78, 5) is 11.9. The zero-order valence-electron chi connectivity index (χ0n) is 12.2. The van der Waals surface area contributed by atoms with E-state index in [4.69, 9.17) is 16.3 Å². The number of halogens is 1. The standard InChI is InChI=1S/C15H22ClNO3/c1-4-15(5-2,10-18)17-14(19)9-20-13-7-6-12(16)8-11(13)3/h6-8,18H,4-5,9-10H2,1-3H3,(H,17,19). The van der Waals surface area contributed by atoms with Crippen molar-refractivity contribution in [1.82, 2.24) is 5.32 Å². The molecule has 0 saturated heterocycles. The van der Waals surface area contributed by atoms with E-state index >= 15 is 0 Å². The van der Waals surface area contributed by atoms with Crippen LogP contribution < -0.4 is 10.1 Å². The fourth-order valence-corrected chi connectivity index (χ4v) is 2.17. The van der Waals surface area contributed by atoms with Gasteiger partial charge in [0, 0.05) is 5.02 Å². The summed E-state index contributed by atoms with van der Waals surface area (Å²) in [7, 11) is 0. The average molecular weight is 300 g/mol. The molecule has 0 aromatic heterocycles. The molecule has 0 bridgehead atoms. The summed E-state index contributed by atoms with van der Waals surface area (Å²) < 4.78 is 5.48. The van der Waals surface area contributed by atoms with Gasteiger partial charge in [-0.05, 0) is 43.5 Å². The smallest absolute Gasteiger partial charge is 0.258 e. The number of ether oxygens (including phenoxy) is 1. The minimum absolute atomic E-state index is 0.0777. The second kappa shape index (κ2) is 7.50. The summed E-state index contributed by atoms with van der Waals surface area (Å²) in [6.07, 6.45) is 1.34. The Hall–Kier alpha value is -1.26. The fraction of sp³-hybridized carbons (Fsp3) is 0.533. The maximum Gasteiger partial charge on any atom is 0.258 e. The van der Waals surface area contributed by atoms with Crippen LogP contribution in [0.3, 0.4) is 0 Å². The van der Waals surface area contributed by atoms with Gasteiger partial charge in [0.25, 0.3) is 5.91 Å². The van der Waals surface area contributed by atoms with E-state index in [-0.39, 0.29) is 19.1 Å². The molecule has 112 valence electrons. The fourth-order valence-electron chi connectivity index (χ4n) is 1.94. The Bertz CT molecular complexity index is 450. The normalized spacial score (nSPS) is 11.2. The molecule has 1 rings (SSSR count). The first-order valence-electron chi connectivity index (χ1n) is 6.77. The van der Waals surface area contributed by atoms with E-state index in [2.05, 4.69) is 5.32 Å². The van der Waals surface area contributed by atoms with Crippen molar-refractivity contribution in [2.45, 2.75) is 39.2 Å². The van der Waals surface area contributed by atoms with Crippen LogP contribution in [0.2, 0.25) is 5.02 Å². The van der Waals surface area contributed by atoms with Gasteiger partial charge in [0.2, 0.25) is 0 Å². The van der Waals surface area contributed by atoms with Crippen LogP contribution >= 0.6 is 11.6 Å². The van der Waals surface area contributed by atoms with Crippen LogP contribution in [-0.2, 0) is 4.79 Å². The van der Waals surface area contributed by atoms with Gasteiger partial charge in [-0.2, -0.15) is 0 Å². The lowest BCUT2D eigenvalue weighted by molar-refractivity contribution is -0.125. The van der Waals surface area contributed by atoms with Crippen LogP contribution in [0.15, 0.2) is 18.2 Å². The third-order valence-corrected chi connectivity index (χ3v) is 3.79. The van der Waals surface area contributed by atoms with Crippen LogP contribution in [0.25, 0.3) is 0 Å². The lowest BCUT2D eigenvalue weighted by atomic mass is 9.94. The molecule has 5 heteroatoms. The Morgan fingerprint density at radius 2 is 2.05 bits per heavy atom. The lowest BCUT2D eigenvalue weighted by Crippen LogP contribution is -2.51. The van der Waals surface area contributed by atoms with Crippen LogP contribution in [0.5, 0.6) is 5.75 Å². The molecule has 20 heavy (non-hydrogen) atoms. The Labute approximate surface area is 125 Å². The van der Waals surface area contributed by atoms with E-state index in [1.54, 1.807) is 18.2 Å². The zero-order valence-corrected chi connectivity index (χ0v) is 13.0. The van der Waals surface area contributed by atoms with E-state index in [0.717, 1.165) is 5.56 Å². The Balaban J connectivity index is 2.59. The summed E-state index contributed by atoms with van der Waals surface area (Å²) >= 11 is 5.86. The first-order chi connectivity index (χ1) is 9.46. The first-order valence-corrected chi connectivity index (χ1v) is 7.15. The molecule has 0 atom stereocenters. The monoisotopic (exact) mass is 299 g/mol. The number of carbonyl (C=O) groups is 1. The quantitative estimate of drug-likeness (QED) is 0.814. The van der Waals surface area contributed by atoms with E-state index < -0.39 is 5.54 Å². The Morgan fingerprint density at radius 3 is 2.55 bits per heavy atom. The predicted octanol–water partition coefficient (Wildman–Crippen LogP) is 2.69. The molecule has 0 heterocycles. The maximum absolute atomic E-state index is 11.9. The predicted molar refractivity (Wildman–Crippen MR) is 80.2 cm³/mol. The summed E-state index contributed by atoms with van der Waals surface area (Å²) in [5.74, 6) is 0.393. The van der Waals surface area contributed by atoms with Crippen molar-refractivity contribution in [2.24, 2.45) is 0 Å². The van der Waals surface area contributed by atoms with Gasteiger partial charge in [0.05, 0.1) is 12.1 Å². The molecule has 0 spiro atoms. The highest BCUT2D eigenvalue weighted by atomic mass is 35.5. The molecule has 0 fully saturated rings. The highest BCUT2D eigenvalue weighted by Gasteiger charge is 2.27. The topological polar surface area (TPSA) is 58.6 Å². The number of amides is 1. The van der Waals surface area contributed by atoms with Gasteiger partial charge in [0.15, 0.2) is 6.61 Å². The molecule has 0 saturated carbocycles.